The summed E-state index contributed by atoms with van der Waals surface area (Å²) in [7, 11) is 0. The van der Waals surface area contributed by atoms with Crippen molar-refractivity contribution in [3.05, 3.63) is 18.1 Å². The number of rotatable bonds is 3. The van der Waals surface area contributed by atoms with E-state index in [4.69, 9.17) is 0 Å². The normalized spacial score (nSPS) is 28.8. The molecule has 0 spiro atoms. The number of nitrogens with zero attached hydrogens (tertiary/aromatic N) is 6. The third-order valence-corrected chi connectivity index (χ3v) is 5.81. The van der Waals surface area contributed by atoms with Gasteiger partial charge in [-0.1, -0.05) is 6.92 Å². The molecule has 0 saturated carbocycles. The summed E-state index contributed by atoms with van der Waals surface area (Å²) in [4.78, 5) is 14.1. The second-order valence-corrected chi connectivity index (χ2v) is 7.40. The monoisotopic (exact) mass is 328 g/mol. The van der Waals surface area contributed by atoms with Crippen LogP contribution >= 0.6 is 0 Å². The number of piperidine rings is 1. The Bertz CT molecular complexity index is 701. The summed E-state index contributed by atoms with van der Waals surface area (Å²) in [6.45, 7) is 9.09. The number of fused-ring (bicyclic) bond motifs is 1. The van der Waals surface area contributed by atoms with Crippen molar-refractivity contribution in [3.8, 4) is 0 Å². The maximum Gasteiger partial charge on any atom is 0.254 e. The second-order valence-electron chi connectivity index (χ2n) is 7.40. The van der Waals surface area contributed by atoms with E-state index in [2.05, 4.69) is 51.7 Å². The Labute approximate surface area is 143 Å². The maximum atomic E-state index is 4.58. The Morgan fingerprint density at radius 1 is 1.17 bits per heavy atom. The van der Waals surface area contributed by atoms with Crippen LogP contribution in [0.3, 0.4) is 0 Å². The second kappa shape index (κ2) is 6.31. The lowest BCUT2D eigenvalue weighted by Gasteiger charge is -2.42. The first-order chi connectivity index (χ1) is 11.7. The molecule has 2 fully saturated rings. The van der Waals surface area contributed by atoms with Gasteiger partial charge in [0.15, 0.2) is 0 Å². The molecule has 0 radical (unpaired) electrons. The van der Waals surface area contributed by atoms with Crippen LogP contribution < -0.4 is 4.90 Å². The minimum atomic E-state index is 0.642. The van der Waals surface area contributed by atoms with Gasteiger partial charge in [-0.25, -0.2) is 4.98 Å². The summed E-state index contributed by atoms with van der Waals surface area (Å²) >= 11 is 0. The van der Waals surface area contributed by atoms with Crippen molar-refractivity contribution in [2.24, 2.45) is 0 Å². The average Bonchev–Trinajstić information content (AvgIpc) is 3.20. The van der Waals surface area contributed by atoms with Gasteiger partial charge in [0.1, 0.15) is 12.1 Å². The molecule has 2 saturated heterocycles. The van der Waals surface area contributed by atoms with E-state index >= 15 is 0 Å². The highest BCUT2D eigenvalue weighted by atomic mass is 15.4. The molecule has 0 amide bonds. The van der Waals surface area contributed by atoms with Gasteiger partial charge in [-0.2, -0.15) is 14.6 Å². The third-order valence-electron chi connectivity index (χ3n) is 5.81. The maximum absolute atomic E-state index is 4.58. The van der Waals surface area contributed by atoms with Crippen molar-refractivity contribution in [3.63, 3.8) is 0 Å². The lowest BCUT2D eigenvalue weighted by atomic mass is 10.0. The molecular weight excluding hydrogens is 300 g/mol. The van der Waals surface area contributed by atoms with Gasteiger partial charge in [0.25, 0.3) is 5.78 Å². The van der Waals surface area contributed by atoms with Gasteiger partial charge in [0.05, 0.1) is 0 Å². The van der Waals surface area contributed by atoms with Gasteiger partial charge in [0, 0.05) is 43.0 Å². The number of hydrogen-bond donors (Lipinski definition) is 0. The van der Waals surface area contributed by atoms with Crippen molar-refractivity contribution in [1.29, 1.82) is 0 Å². The van der Waals surface area contributed by atoms with Gasteiger partial charge in [-0.3, -0.25) is 4.90 Å². The highest BCUT2D eigenvalue weighted by Crippen LogP contribution is 2.31. The van der Waals surface area contributed by atoms with Crippen molar-refractivity contribution < 1.29 is 0 Å². The molecule has 0 aliphatic carbocycles. The molecule has 0 bridgehead atoms. The molecule has 2 aliphatic rings. The van der Waals surface area contributed by atoms with Crippen LogP contribution in [0, 0.1) is 0 Å². The Morgan fingerprint density at radius 3 is 2.71 bits per heavy atom. The molecule has 0 aromatic carbocycles. The number of hydrogen-bond acceptors (Lipinski definition) is 5. The fourth-order valence-electron chi connectivity index (χ4n) is 4.59. The number of anilines is 1. The molecule has 24 heavy (non-hydrogen) atoms. The minimum absolute atomic E-state index is 0.642. The molecule has 130 valence electrons. The Balaban J connectivity index is 1.63. The molecule has 4 rings (SSSR count). The molecule has 2 aromatic rings. The van der Waals surface area contributed by atoms with Crippen LogP contribution in [-0.4, -0.2) is 55.7 Å². The molecule has 4 heterocycles. The van der Waals surface area contributed by atoms with E-state index in [0.29, 0.717) is 18.1 Å². The van der Waals surface area contributed by atoms with E-state index in [1.165, 1.54) is 25.7 Å². The van der Waals surface area contributed by atoms with E-state index in [1.54, 1.807) is 6.33 Å². The van der Waals surface area contributed by atoms with Crippen molar-refractivity contribution in [1.82, 2.24) is 24.5 Å². The largest absolute Gasteiger partial charge is 0.355 e. The first kappa shape index (κ1) is 15.8. The van der Waals surface area contributed by atoms with Gasteiger partial charge >= 0.3 is 0 Å². The molecule has 0 N–H and O–H groups in total. The standard InChI is InChI=1S/C18H28N6/c1-4-15-10-17(24-18(21-15)19-12-20-24)22-9-5-6-16(11-22)23-13(2)7-8-14(23)3/h10,12-14,16H,4-9,11H2,1-3H3/t13-,14-,16+/m1/s1. The predicted octanol–water partition coefficient (Wildman–Crippen LogP) is 2.53. The summed E-state index contributed by atoms with van der Waals surface area (Å²) in [5.41, 5.74) is 1.09. The van der Waals surface area contributed by atoms with Crippen LogP contribution in [0.4, 0.5) is 5.82 Å². The van der Waals surface area contributed by atoms with Crippen molar-refractivity contribution in [2.45, 2.75) is 71.0 Å². The summed E-state index contributed by atoms with van der Waals surface area (Å²) in [5.74, 6) is 1.87. The first-order valence-corrected chi connectivity index (χ1v) is 9.39. The van der Waals surface area contributed by atoms with E-state index in [1.807, 2.05) is 4.52 Å². The third kappa shape index (κ3) is 2.66. The quantitative estimate of drug-likeness (QED) is 0.866. The van der Waals surface area contributed by atoms with Crippen molar-refractivity contribution in [2.75, 3.05) is 18.0 Å². The Hall–Kier alpha value is -1.69. The fourth-order valence-corrected chi connectivity index (χ4v) is 4.59. The Kier molecular flexibility index (Phi) is 4.16. The van der Waals surface area contributed by atoms with Crippen LogP contribution in [0.1, 0.15) is 52.1 Å². The van der Waals surface area contributed by atoms with Crippen LogP contribution in [0.15, 0.2) is 12.4 Å². The van der Waals surface area contributed by atoms with Gasteiger partial charge in [-0.05, 0) is 46.0 Å². The first-order valence-electron chi connectivity index (χ1n) is 9.39. The predicted molar refractivity (Wildman–Crippen MR) is 95.4 cm³/mol. The lowest BCUT2D eigenvalue weighted by molar-refractivity contribution is 0.129. The smallest absolute Gasteiger partial charge is 0.254 e. The molecule has 6 nitrogen and oxygen atoms in total. The zero-order valence-electron chi connectivity index (χ0n) is 15.0. The van der Waals surface area contributed by atoms with Crippen LogP contribution in [0.2, 0.25) is 0 Å². The van der Waals surface area contributed by atoms with E-state index in [-0.39, 0.29) is 0 Å². The average molecular weight is 328 g/mol. The molecule has 0 unspecified atom stereocenters. The fraction of sp³-hybridized carbons (Fsp3) is 0.722. The SMILES string of the molecule is CCc1cc(N2CCC[C@H](N3[C@H](C)CC[C@H]3C)C2)n2ncnc2n1. The zero-order valence-corrected chi connectivity index (χ0v) is 15.0. The molecule has 3 atom stereocenters. The highest BCUT2D eigenvalue weighted by molar-refractivity contribution is 5.48. The number of likely N-dealkylation sites (tertiary alicyclic amines) is 1. The van der Waals surface area contributed by atoms with E-state index < -0.39 is 0 Å². The number of aromatic nitrogens is 4. The Morgan fingerprint density at radius 2 is 1.96 bits per heavy atom. The van der Waals surface area contributed by atoms with Crippen LogP contribution in [0.5, 0.6) is 0 Å². The van der Waals surface area contributed by atoms with Crippen molar-refractivity contribution >= 4 is 11.6 Å². The lowest BCUT2D eigenvalue weighted by Crippen LogP contribution is -2.51. The number of aryl methyl sites for hydroxylation is 1. The van der Waals surface area contributed by atoms with Gasteiger partial charge < -0.3 is 4.90 Å². The molecule has 2 aliphatic heterocycles. The molecule has 6 heteroatoms. The van der Waals surface area contributed by atoms with Gasteiger partial charge in [0.2, 0.25) is 0 Å². The van der Waals surface area contributed by atoms with Crippen LogP contribution in [-0.2, 0) is 6.42 Å². The molecule has 2 aromatic heterocycles. The summed E-state index contributed by atoms with van der Waals surface area (Å²) in [6.07, 6.45) is 7.74. The topological polar surface area (TPSA) is 49.6 Å². The van der Waals surface area contributed by atoms with Gasteiger partial charge in [-0.15, -0.1) is 0 Å². The summed E-state index contributed by atoms with van der Waals surface area (Å²) < 4.78 is 1.90. The summed E-state index contributed by atoms with van der Waals surface area (Å²) in [5, 5.41) is 4.41. The zero-order chi connectivity index (χ0) is 16.7. The minimum Gasteiger partial charge on any atom is -0.355 e. The van der Waals surface area contributed by atoms with E-state index in [9.17, 15) is 0 Å². The highest BCUT2D eigenvalue weighted by Gasteiger charge is 2.35. The van der Waals surface area contributed by atoms with E-state index in [0.717, 1.165) is 36.8 Å². The molecular formula is C18H28N6. The summed E-state index contributed by atoms with van der Waals surface area (Å²) in [6, 6.07) is 4.25. The van der Waals surface area contributed by atoms with Crippen LogP contribution in [0.25, 0.3) is 5.78 Å².